The molecular weight excluding hydrogens is 432 g/mol. The summed E-state index contributed by atoms with van der Waals surface area (Å²) in [6, 6.07) is 6.04. The van der Waals surface area contributed by atoms with Crippen LogP contribution >= 0.6 is 11.3 Å². The summed E-state index contributed by atoms with van der Waals surface area (Å²) in [6.07, 6.45) is 4.26. The highest BCUT2D eigenvalue weighted by atomic mass is 32.1. The Morgan fingerprint density at radius 3 is 2.67 bits per heavy atom. The molecule has 5 nitrogen and oxygen atoms in total. The van der Waals surface area contributed by atoms with E-state index < -0.39 is 0 Å². The third-order valence-electron chi connectivity index (χ3n) is 6.81. The minimum absolute atomic E-state index is 0.0405. The van der Waals surface area contributed by atoms with Gasteiger partial charge >= 0.3 is 0 Å². The van der Waals surface area contributed by atoms with Crippen LogP contribution in [0.3, 0.4) is 0 Å². The van der Waals surface area contributed by atoms with E-state index in [9.17, 15) is 14.4 Å². The van der Waals surface area contributed by atoms with Crippen LogP contribution in [0.15, 0.2) is 35.7 Å². The Balaban J connectivity index is 1.32. The van der Waals surface area contributed by atoms with Gasteiger partial charge in [-0.3, -0.25) is 14.4 Å². The summed E-state index contributed by atoms with van der Waals surface area (Å²) in [5.74, 6) is 0.300. The van der Waals surface area contributed by atoms with Crippen LogP contribution in [0.4, 0.5) is 5.69 Å². The third-order valence-corrected chi connectivity index (χ3v) is 7.90. The van der Waals surface area contributed by atoms with Crippen LogP contribution in [-0.4, -0.2) is 42.5 Å². The average molecular weight is 465 g/mol. The van der Waals surface area contributed by atoms with Gasteiger partial charge in [0.2, 0.25) is 0 Å². The second-order valence-corrected chi connectivity index (χ2v) is 10.4. The molecule has 0 saturated heterocycles. The van der Waals surface area contributed by atoms with Gasteiger partial charge in [0.25, 0.3) is 5.91 Å². The van der Waals surface area contributed by atoms with Crippen molar-refractivity contribution < 1.29 is 14.4 Å². The minimum atomic E-state index is -0.336. The monoisotopic (exact) mass is 464 g/mol. The fourth-order valence-corrected chi connectivity index (χ4v) is 5.99. The van der Waals surface area contributed by atoms with Crippen LogP contribution in [0.5, 0.6) is 0 Å². The Labute approximate surface area is 200 Å². The minimum Gasteiger partial charge on any atom is -0.377 e. The molecule has 33 heavy (non-hydrogen) atoms. The molecule has 2 heterocycles. The lowest BCUT2D eigenvalue weighted by Gasteiger charge is -2.30. The van der Waals surface area contributed by atoms with Crippen molar-refractivity contribution in [3.8, 4) is 0 Å². The number of fused-ring (bicyclic) bond motifs is 1. The van der Waals surface area contributed by atoms with Crippen molar-refractivity contribution in [3.63, 3.8) is 0 Å². The number of Topliss-reactive ketones (excluding diaryl/α,β-unsaturated/α-hetero) is 2. The number of nitrogens with zero attached hydrogens (tertiary/aromatic N) is 2. The lowest BCUT2D eigenvalue weighted by molar-refractivity contribution is -0.124. The molecule has 1 saturated carbocycles. The number of hydrogen-bond acceptors (Lipinski definition) is 5. The van der Waals surface area contributed by atoms with Gasteiger partial charge in [-0.2, -0.15) is 0 Å². The van der Waals surface area contributed by atoms with Gasteiger partial charge < -0.3 is 9.80 Å². The quantitative estimate of drug-likeness (QED) is 0.522. The highest BCUT2D eigenvalue weighted by molar-refractivity contribution is 7.10. The molecule has 1 amide bonds. The Kier molecular flexibility index (Phi) is 6.84. The van der Waals surface area contributed by atoms with Crippen LogP contribution in [0, 0.1) is 6.92 Å². The number of amides is 1. The van der Waals surface area contributed by atoms with Crippen molar-refractivity contribution >= 4 is 34.5 Å². The number of hydrogen-bond donors (Lipinski definition) is 0. The molecule has 1 fully saturated rings. The fourth-order valence-electron chi connectivity index (χ4n) is 4.95. The molecule has 0 radical (unpaired) electrons. The summed E-state index contributed by atoms with van der Waals surface area (Å²) < 4.78 is 0. The van der Waals surface area contributed by atoms with Gasteiger partial charge in [-0.1, -0.05) is 24.3 Å². The molecule has 1 unspecified atom stereocenters. The SMILES string of the molecule is C=C1CCC(N2Cc3c(csc3CCC(=O)CCc3ccc(N(C)C)c(C)c3)C2=O)C(=O)C1. The Hall–Kier alpha value is -2.73. The van der Waals surface area contributed by atoms with Crippen LogP contribution in [0.1, 0.15) is 64.0 Å². The van der Waals surface area contributed by atoms with Crippen molar-refractivity contribution in [1.82, 2.24) is 4.90 Å². The van der Waals surface area contributed by atoms with E-state index in [4.69, 9.17) is 0 Å². The first-order valence-electron chi connectivity index (χ1n) is 11.6. The molecule has 1 aliphatic heterocycles. The largest absolute Gasteiger partial charge is 0.377 e. The van der Waals surface area contributed by atoms with Crippen LogP contribution < -0.4 is 4.90 Å². The lowest BCUT2D eigenvalue weighted by Crippen LogP contribution is -2.43. The lowest BCUT2D eigenvalue weighted by atomic mass is 9.89. The predicted molar refractivity (Wildman–Crippen MR) is 133 cm³/mol. The van der Waals surface area contributed by atoms with Gasteiger partial charge in [-0.05, 0) is 55.4 Å². The molecule has 6 heteroatoms. The van der Waals surface area contributed by atoms with Crippen molar-refractivity contribution in [2.75, 3.05) is 19.0 Å². The van der Waals surface area contributed by atoms with E-state index in [0.29, 0.717) is 38.6 Å². The van der Waals surface area contributed by atoms with Crippen molar-refractivity contribution in [1.29, 1.82) is 0 Å². The molecule has 1 atom stereocenters. The van der Waals surface area contributed by atoms with Gasteiger partial charge in [-0.25, -0.2) is 0 Å². The third kappa shape index (κ3) is 4.96. The Bertz CT molecular complexity index is 1110. The first-order valence-corrected chi connectivity index (χ1v) is 12.5. The molecule has 1 aliphatic carbocycles. The number of ketones is 2. The molecule has 0 spiro atoms. The van der Waals surface area contributed by atoms with E-state index in [1.165, 1.54) is 16.8 Å². The first kappa shape index (κ1) is 23.4. The summed E-state index contributed by atoms with van der Waals surface area (Å²) in [7, 11) is 4.06. The van der Waals surface area contributed by atoms with Gasteiger partial charge in [0.05, 0.1) is 11.6 Å². The second kappa shape index (κ2) is 9.64. The highest BCUT2D eigenvalue weighted by Gasteiger charge is 2.39. The number of rotatable bonds is 8. The molecular formula is C27H32N2O3S. The van der Waals surface area contributed by atoms with Crippen LogP contribution in [-0.2, 0) is 29.0 Å². The maximum Gasteiger partial charge on any atom is 0.255 e. The van der Waals surface area contributed by atoms with E-state index in [0.717, 1.165) is 34.4 Å². The van der Waals surface area contributed by atoms with E-state index in [1.807, 2.05) is 19.5 Å². The number of allylic oxidation sites excluding steroid dienone is 1. The Morgan fingerprint density at radius 1 is 1.21 bits per heavy atom. The maximum absolute atomic E-state index is 12.9. The zero-order chi connectivity index (χ0) is 23.7. The molecule has 4 rings (SSSR count). The summed E-state index contributed by atoms with van der Waals surface area (Å²) >= 11 is 1.56. The molecule has 0 N–H and O–H groups in total. The molecule has 2 aromatic rings. The number of thiophene rings is 1. The zero-order valence-electron chi connectivity index (χ0n) is 19.8. The second-order valence-electron chi connectivity index (χ2n) is 9.49. The Morgan fingerprint density at radius 2 is 1.97 bits per heavy atom. The number of carbonyl (C=O) groups is 3. The summed E-state index contributed by atoms with van der Waals surface area (Å²) in [4.78, 5) is 42.9. The van der Waals surface area contributed by atoms with Crippen LogP contribution in [0.2, 0.25) is 0 Å². The normalized spacial score (nSPS) is 18.1. The highest BCUT2D eigenvalue weighted by Crippen LogP contribution is 2.36. The number of aryl methyl sites for hydroxylation is 3. The summed E-state index contributed by atoms with van der Waals surface area (Å²) in [6.45, 7) is 6.51. The molecule has 1 aromatic heterocycles. The zero-order valence-corrected chi connectivity index (χ0v) is 20.6. The topological polar surface area (TPSA) is 57.7 Å². The van der Waals surface area contributed by atoms with Crippen LogP contribution in [0.25, 0.3) is 0 Å². The van der Waals surface area contributed by atoms with Gasteiger partial charge in [0, 0.05) is 55.8 Å². The van der Waals surface area contributed by atoms with Gasteiger partial charge in [0.15, 0.2) is 5.78 Å². The predicted octanol–water partition coefficient (Wildman–Crippen LogP) is 4.89. The van der Waals surface area contributed by atoms with E-state index >= 15 is 0 Å². The fraction of sp³-hybridized carbons (Fsp3) is 0.444. The van der Waals surface area contributed by atoms with Crippen molar-refractivity contribution in [2.24, 2.45) is 0 Å². The van der Waals surface area contributed by atoms with Gasteiger partial charge in [-0.15, -0.1) is 11.3 Å². The maximum atomic E-state index is 12.9. The molecule has 174 valence electrons. The average Bonchev–Trinajstić information content (AvgIpc) is 3.30. The molecule has 0 bridgehead atoms. The summed E-state index contributed by atoms with van der Waals surface area (Å²) in [5, 5.41) is 1.90. The van der Waals surface area contributed by atoms with E-state index in [2.05, 4.69) is 36.6 Å². The molecule has 2 aliphatic rings. The summed E-state index contributed by atoms with van der Waals surface area (Å²) in [5.41, 5.74) is 6.29. The smallest absolute Gasteiger partial charge is 0.255 e. The van der Waals surface area contributed by atoms with Crippen molar-refractivity contribution in [3.05, 3.63) is 62.9 Å². The number of benzene rings is 1. The van der Waals surface area contributed by atoms with Gasteiger partial charge in [0.1, 0.15) is 5.78 Å². The van der Waals surface area contributed by atoms with E-state index in [1.54, 1.807) is 16.2 Å². The standard InChI is InChI=1S/C27H32N2O3S/c1-17-5-10-24(25(31)13-17)29-15-21-22(27(29)32)16-33-26(21)12-9-20(30)8-6-19-7-11-23(28(3)4)18(2)14-19/h7,11,14,16,24H,1,5-6,8-10,12-13,15H2,2-4H3. The van der Waals surface area contributed by atoms with Crippen molar-refractivity contribution in [2.45, 2.75) is 64.5 Å². The van der Waals surface area contributed by atoms with E-state index in [-0.39, 0.29) is 23.5 Å². The first-order chi connectivity index (χ1) is 15.7. The number of anilines is 1. The molecule has 1 aromatic carbocycles. The number of carbonyl (C=O) groups excluding carboxylic acids is 3.